The van der Waals surface area contributed by atoms with E-state index in [4.69, 9.17) is 37.6 Å². The summed E-state index contributed by atoms with van der Waals surface area (Å²) >= 11 is 0. The van der Waals surface area contributed by atoms with Crippen LogP contribution in [-0.4, -0.2) is 81.2 Å². The normalized spacial score (nSPS) is 57.9. The molecule has 0 saturated heterocycles. The lowest BCUT2D eigenvalue weighted by molar-refractivity contribution is -0.212. The average molecular weight is 426 g/mol. The molecule has 6 atom stereocenters. The summed E-state index contributed by atoms with van der Waals surface area (Å²) in [5, 5.41) is 30.5. The minimum Gasteiger partial charge on any atom is -0.387 e. The molecule has 0 unspecified atom stereocenters. The first-order chi connectivity index (χ1) is 12.6. The molecule has 0 bridgehead atoms. The second-order valence-corrected chi connectivity index (χ2v) is 7.27. The van der Waals surface area contributed by atoms with E-state index in [0.29, 0.717) is 0 Å². The van der Waals surface area contributed by atoms with E-state index in [0.717, 1.165) is 0 Å². The number of hydrogen-bond acceptors (Lipinski definition) is 9. The maximum Gasteiger partial charge on any atom is 0.470 e. The summed E-state index contributed by atoms with van der Waals surface area (Å²) in [6, 6.07) is 0. The van der Waals surface area contributed by atoms with Crippen LogP contribution in [0.3, 0.4) is 0 Å². The molecule has 1 rings (SSSR count). The molecule has 9 N–H and O–H groups in total. The highest BCUT2D eigenvalue weighted by atomic mass is 31.2. The highest BCUT2D eigenvalue weighted by Gasteiger charge is 2.56. The molecule has 1 saturated carbocycles. The lowest BCUT2D eigenvalue weighted by Crippen LogP contribution is -2.65. The maximum atomic E-state index is 11.2. The summed E-state index contributed by atoms with van der Waals surface area (Å²) in [4.78, 5) is 53.4. The molecule has 0 heterocycles. The van der Waals surface area contributed by atoms with Crippen molar-refractivity contribution >= 4 is 23.5 Å². The van der Waals surface area contributed by atoms with Crippen LogP contribution in [0.5, 0.6) is 0 Å². The van der Waals surface area contributed by atoms with E-state index in [1.165, 1.54) is 0 Å². The van der Waals surface area contributed by atoms with E-state index in [-0.39, 0.29) is 0 Å². The van der Waals surface area contributed by atoms with Crippen molar-refractivity contribution in [3.8, 4) is 0 Å². The van der Waals surface area contributed by atoms with Gasteiger partial charge in [0.2, 0.25) is 0 Å². The molecule has 24 heavy (non-hydrogen) atoms. The fourth-order valence-electron chi connectivity index (χ4n) is 1.26. The van der Waals surface area contributed by atoms with Gasteiger partial charge in [-0.25, -0.2) is 13.7 Å². The molecule has 144 valence electrons. The van der Waals surface area contributed by atoms with Crippen molar-refractivity contribution in [1.29, 1.82) is 0 Å². The van der Waals surface area contributed by atoms with Gasteiger partial charge in [-0.1, -0.05) is 0 Å². The van der Waals surface area contributed by atoms with Gasteiger partial charge in [0.25, 0.3) is 0 Å². The summed E-state index contributed by atoms with van der Waals surface area (Å²) in [5.74, 6) is 0. The molecular weight excluding hydrogens is 405 g/mol. The Bertz CT molecular complexity index is 848. The highest BCUT2D eigenvalue weighted by Crippen LogP contribution is 2.49. The summed E-state index contributed by atoms with van der Waals surface area (Å²) in [6.07, 6.45) is -29.8. The second-order valence-electron chi connectivity index (χ2n) is 3.78. The van der Waals surface area contributed by atoms with Gasteiger partial charge in [0.05, 0.1) is 8.22 Å². The molecule has 0 radical (unpaired) electrons. The molecule has 0 amide bonds. The van der Waals surface area contributed by atoms with Crippen LogP contribution in [0.1, 0.15) is 8.22 Å². The van der Waals surface area contributed by atoms with E-state index in [1.807, 2.05) is 0 Å². The topological polar surface area (TPSA) is 261 Å². The summed E-state index contributed by atoms with van der Waals surface area (Å²) in [7, 11) is -18.8. The van der Waals surface area contributed by atoms with E-state index in [9.17, 15) is 29.0 Å². The smallest absolute Gasteiger partial charge is 0.387 e. The van der Waals surface area contributed by atoms with Crippen molar-refractivity contribution < 1.29 is 80.2 Å². The number of aliphatic hydroxyl groups is 3. The molecule has 0 spiro atoms. The molecule has 0 aromatic carbocycles. The zero-order valence-electron chi connectivity index (χ0n) is 16.8. The Morgan fingerprint density at radius 3 is 1.17 bits per heavy atom. The van der Waals surface area contributed by atoms with Gasteiger partial charge in [-0.3, -0.25) is 13.6 Å². The van der Waals surface area contributed by atoms with Gasteiger partial charge in [-0.05, 0) is 0 Å². The molecule has 1 aliphatic rings. The molecule has 0 aromatic rings. The van der Waals surface area contributed by atoms with Crippen LogP contribution in [-0.2, 0) is 27.3 Å². The molecular formula is C6H15O15P3. The van der Waals surface area contributed by atoms with E-state index < -0.39 is 59.9 Å². The number of rotatable bonds is 6. The van der Waals surface area contributed by atoms with Crippen molar-refractivity contribution in [1.82, 2.24) is 0 Å². The molecule has 0 aliphatic heterocycles. The Morgan fingerprint density at radius 2 is 0.833 bits per heavy atom. The van der Waals surface area contributed by atoms with Crippen molar-refractivity contribution in [2.45, 2.75) is 36.5 Å². The summed E-state index contributed by atoms with van der Waals surface area (Å²) in [6.45, 7) is 0. The predicted molar refractivity (Wildman–Crippen MR) is 68.8 cm³/mol. The Balaban J connectivity index is 4.16. The van der Waals surface area contributed by atoms with Crippen LogP contribution in [0.15, 0.2) is 0 Å². The van der Waals surface area contributed by atoms with Gasteiger partial charge < -0.3 is 44.7 Å². The van der Waals surface area contributed by atoms with Crippen LogP contribution >= 0.6 is 23.5 Å². The van der Waals surface area contributed by atoms with E-state index in [2.05, 4.69) is 13.6 Å². The first-order valence-electron chi connectivity index (χ1n) is 8.08. The van der Waals surface area contributed by atoms with Crippen LogP contribution in [0.2, 0.25) is 0 Å². The summed E-state index contributed by atoms with van der Waals surface area (Å²) in [5.41, 5.74) is 0. The molecule has 18 heteroatoms. The van der Waals surface area contributed by atoms with Gasteiger partial charge in [0, 0.05) is 0 Å². The SMILES string of the molecule is [2H][C@]1(O)[C@@]([2H])(OP(=O)(O)O)[C@]([2H])(O)[C@@]([2H])(O)[C@]([2H])(OP(=O)(O)O)[C@@]1([2H])OP(=O)(O)O. The van der Waals surface area contributed by atoms with Crippen LogP contribution < -0.4 is 0 Å². The van der Waals surface area contributed by atoms with Gasteiger partial charge in [0.1, 0.15) is 36.5 Å². The van der Waals surface area contributed by atoms with Gasteiger partial charge in [-0.15, -0.1) is 0 Å². The minimum absolute atomic E-state index is 3.56. The largest absolute Gasteiger partial charge is 0.470 e. The fraction of sp³-hybridized carbons (Fsp3) is 1.00. The molecule has 1 aliphatic carbocycles. The quantitative estimate of drug-likeness (QED) is 0.187. The van der Waals surface area contributed by atoms with Crippen LogP contribution in [0.25, 0.3) is 0 Å². The molecule has 0 aromatic heterocycles. The van der Waals surface area contributed by atoms with Crippen molar-refractivity contribution in [2.75, 3.05) is 0 Å². The van der Waals surface area contributed by atoms with Gasteiger partial charge in [0.15, 0.2) is 0 Å². The zero-order chi connectivity index (χ0) is 24.6. The van der Waals surface area contributed by atoms with Crippen molar-refractivity contribution in [3.63, 3.8) is 0 Å². The third-order valence-electron chi connectivity index (χ3n) is 1.92. The van der Waals surface area contributed by atoms with Gasteiger partial charge >= 0.3 is 23.5 Å². The lowest BCUT2D eigenvalue weighted by Gasteiger charge is -2.44. The van der Waals surface area contributed by atoms with E-state index in [1.54, 1.807) is 0 Å². The maximum absolute atomic E-state index is 11.2. The number of hydrogen-bond donors (Lipinski definition) is 9. The third-order valence-corrected chi connectivity index (χ3v) is 3.18. The number of phosphoric acid groups is 3. The van der Waals surface area contributed by atoms with Crippen LogP contribution in [0.4, 0.5) is 0 Å². The first-order valence-corrected chi connectivity index (χ1v) is 9.67. The van der Waals surface area contributed by atoms with Gasteiger partial charge in [-0.2, -0.15) is 0 Å². The Labute approximate surface area is 141 Å². The summed E-state index contributed by atoms with van der Waals surface area (Å²) < 4.78 is 90.1. The van der Waals surface area contributed by atoms with Crippen molar-refractivity contribution in [2.24, 2.45) is 0 Å². The monoisotopic (exact) mass is 426 g/mol. The number of phosphoric ester groups is 3. The fourth-order valence-corrected chi connectivity index (χ4v) is 2.48. The molecule has 1 fully saturated rings. The van der Waals surface area contributed by atoms with Crippen LogP contribution in [0, 0.1) is 0 Å². The third kappa shape index (κ3) is 6.50. The standard InChI is InChI=1S/C6H15O15P3/c7-1-2(8)5(20-23(13,14)15)6(21-24(16,17)18)3(9)4(1)19-22(10,11)12/h1-9H,(H2,10,11,12)(H2,13,14,15)(H2,16,17,18)/t1-,2-,3+,4+,5+,6+/m1/s1/i1D,2D,3D,4D,5D,6D. The Kier molecular flexibility index (Phi) is 4.43. The van der Waals surface area contributed by atoms with Crippen molar-refractivity contribution in [3.05, 3.63) is 0 Å². The Hall–Kier alpha value is 0.210. The van der Waals surface area contributed by atoms with E-state index >= 15 is 0 Å². The average Bonchev–Trinajstić information content (AvgIpc) is 2.39. The highest BCUT2D eigenvalue weighted by molar-refractivity contribution is 7.46. The lowest BCUT2D eigenvalue weighted by atomic mass is 9.85. The first kappa shape index (κ1) is 14.3. The Morgan fingerprint density at radius 1 is 0.583 bits per heavy atom. The predicted octanol–water partition coefficient (Wildman–Crippen LogP) is -3.48. The zero-order valence-corrected chi connectivity index (χ0v) is 13.5. The minimum atomic E-state index is -6.32. The second kappa shape index (κ2) is 7.45. The molecule has 15 nitrogen and oxygen atoms in total.